The number of nitrogens with one attached hydrogen (secondary N) is 1. The Morgan fingerprint density at radius 3 is 2.81 bits per heavy atom. The topological polar surface area (TPSA) is 35.8 Å². The highest BCUT2D eigenvalue weighted by molar-refractivity contribution is 9.10. The van der Waals surface area contributed by atoms with Gasteiger partial charge in [-0.05, 0) is 38.1 Å². The normalized spacial score (nSPS) is 14.2. The molecule has 86 valence electrons. The Hall–Kier alpha value is -0.920. The third kappa shape index (κ3) is 2.81. The van der Waals surface area contributed by atoms with E-state index < -0.39 is 5.54 Å². The number of rotatable bonds is 4. The van der Waals surface area contributed by atoms with Gasteiger partial charge >= 0.3 is 0 Å². The van der Waals surface area contributed by atoms with Crippen LogP contribution in [0.5, 0.6) is 0 Å². The van der Waals surface area contributed by atoms with Crippen LogP contribution in [0.1, 0.15) is 25.8 Å². The molecule has 0 heterocycles. The summed E-state index contributed by atoms with van der Waals surface area (Å²) in [6.07, 6.45) is 0.896. The van der Waals surface area contributed by atoms with Gasteiger partial charge in [-0.1, -0.05) is 22.9 Å². The van der Waals surface area contributed by atoms with E-state index in [1.165, 1.54) is 6.07 Å². The average molecular weight is 285 g/mol. The maximum Gasteiger partial charge on any atom is 0.132 e. The van der Waals surface area contributed by atoms with Crippen molar-refractivity contribution in [2.24, 2.45) is 0 Å². The molecule has 1 rings (SSSR count). The lowest BCUT2D eigenvalue weighted by Crippen LogP contribution is -2.39. The van der Waals surface area contributed by atoms with Crippen molar-refractivity contribution in [3.8, 4) is 6.07 Å². The second-order valence-corrected chi connectivity index (χ2v) is 4.70. The third-order valence-electron chi connectivity index (χ3n) is 2.42. The Kier molecular flexibility index (Phi) is 4.45. The number of benzene rings is 1. The van der Waals surface area contributed by atoms with Gasteiger partial charge in [-0.25, -0.2) is 4.39 Å². The van der Waals surface area contributed by atoms with E-state index in [1.54, 1.807) is 19.1 Å². The van der Waals surface area contributed by atoms with Crippen molar-refractivity contribution in [3.05, 3.63) is 34.1 Å². The summed E-state index contributed by atoms with van der Waals surface area (Å²) in [5, 5.41) is 12.2. The van der Waals surface area contributed by atoms with E-state index >= 15 is 0 Å². The molecule has 0 aromatic heterocycles. The van der Waals surface area contributed by atoms with E-state index in [4.69, 9.17) is 0 Å². The number of nitriles is 1. The minimum atomic E-state index is -0.982. The van der Waals surface area contributed by atoms with Crippen molar-refractivity contribution in [1.82, 2.24) is 5.32 Å². The Balaban J connectivity index is 3.12. The van der Waals surface area contributed by atoms with E-state index in [9.17, 15) is 9.65 Å². The zero-order chi connectivity index (χ0) is 12.2. The molecule has 4 heteroatoms. The van der Waals surface area contributed by atoms with Crippen LogP contribution >= 0.6 is 15.9 Å². The summed E-state index contributed by atoms with van der Waals surface area (Å²) in [6, 6.07) is 6.75. The number of halogens is 2. The monoisotopic (exact) mass is 284 g/mol. The summed E-state index contributed by atoms with van der Waals surface area (Å²) in [4.78, 5) is 0. The summed E-state index contributed by atoms with van der Waals surface area (Å²) in [6.45, 7) is 4.37. The summed E-state index contributed by atoms with van der Waals surface area (Å²) >= 11 is 3.28. The molecule has 16 heavy (non-hydrogen) atoms. The smallest absolute Gasteiger partial charge is 0.132 e. The summed E-state index contributed by atoms with van der Waals surface area (Å²) in [5.41, 5.74) is -0.609. The molecule has 1 unspecified atom stereocenters. The molecule has 0 aliphatic carbocycles. The molecule has 1 aromatic carbocycles. The lowest BCUT2D eigenvalue weighted by Gasteiger charge is -2.24. The first-order valence-corrected chi connectivity index (χ1v) is 5.94. The molecule has 0 amide bonds. The van der Waals surface area contributed by atoms with Crippen LogP contribution < -0.4 is 5.32 Å². The Labute approximate surface area is 104 Å². The zero-order valence-corrected chi connectivity index (χ0v) is 10.9. The fourth-order valence-corrected chi connectivity index (χ4v) is 1.81. The van der Waals surface area contributed by atoms with Crippen LogP contribution in [-0.4, -0.2) is 6.54 Å². The molecule has 0 spiro atoms. The molecule has 1 atom stereocenters. The first kappa shape index (κ1) is 13.1. The highest BCUT2D eigenvalue weighted by atomic mass is 79.9. The van der Waals surface area contributed by atoms with Crippen LogP contribution in [-0.2, 0) is 5.54 Å². The predicted octanol–water partition coefficient (Wildman–Crippen LogP) is 3.33. The van der Waals surface area contributed by atoms with E-state index in [0.717, 1.165) is 10.9 Å². The summed E-state index contributed by atoms with van der Waals surface area (Å²) in [5.74, 6) is -0.365. The van der Waals surface area contributed by atoms with Crippen molar-refractivity contribution < 1.29 is 4.39 Å². The fraction of sp³-hybridized carbons (Fsp3) is 0.417. The standard InChI is InChI=1S/C12H14BrFN2/c1-3-6-16-12(2,8-15)10-7-9(13)4-5-11(10)14/h4-5,7,16H,3,6H2,1-2H3. The Bertz CT molecular complexity index is 414. The highest BCUT2D eigenvalue weighted by Gasteiger charge is 2.28. The second-order valence-electron chi connectivity index (χ2n) is 3.79. The highest BCUT2D eigenvalue weighted by Crippen LogP contribution is 2.26. The lowest BCUT2D eigenvalue weighted by atomic mass is 9.93. The van der Waals surface area contributed by atoms with Gasteiger partial charge in [0.25, 0.3) is 0 Å². The van der Waals surface area contributed by atoms with Crippen LogP contribution in [0.25, 0.3) is 0 Å². The van der Waals surface area contributed by atoms with E-state index in [-0.39, 0.29) is 5.82 Å². The van der Waals surface area contributed by atoms with Gasteiger partial charge in [-0.15, -0.1) is 0 Å². The predicted molar refractivity (Wildman–Crippen MR) is 65.4 cm³/mol. The minimum Gasteiger partial charge on any atom is -0.296 e. The molecular formula is C12H14BrFN2. The van der Waals surface area contributed by atoms with Crippen LogP contribution in [0.15, 0.2) is 22.7 Å². The largest absolute Gasteiger partial charge is 0.296 e. The quantitative estimate of drug-likeness (QED) is 0.921. The number of nitrogens with zero attached hydrogens (tertiary/aromatic N) is 1. The van der Waals surface area contributed by atoms with Gasteiger partial charge in [0.1, 0.15) is 11.4 Å². The molecule has 0 bridgehead atoms. The van der Waals surface area contributed by atoms with Gasteiger partial charge in [-0.3, -0.25) is 5.32 Å². The molecule has 0 aliphatic rings. The van der Waals surface area contributed by atoms with Gasteiger partial charge in [0.2, 0.25) is 0 Å². The van der Waals surface area contributed by atoms with Crippen LogP contribution in [0.2, 0.25) is 0 Å². The maximum atomic E-state index is 13.7. The third-order valence-corrected chi connectivity index (χ3v) is 2.91. The minimum absolute atomic E-state index is 0.365. The molecule has 0 saturated heterocycles. The molecule has 0 aliphatic heterocycles. The zero-order valence-electron chi connectivity index (χ0n) is 9.35. The number of hydrogen-bond acceptors (Lipinski definition) is 2. The summed E-state index contributed by atoms with van der Waals surface area (Å²) in [7, 11) is 0. The van der Waals surface area contributed by atoms with Gasteiger partial charge in [-0.2, -0.15) is 5.26 Å². The van der Waals surface area contributed by atoms with Crippen molar-refractivity contribution in [2.45, 2.75) is 25.8 Å². The Morgan fingerprint density at radius 2 is 2.25 bits per heavy atom. The van der Waals surface area contributed by atoms with Crippen LogP contribution in [0, 0.1) is 17.1 Å². The molecule has 2 nitrogen and oxygen atoms in total. The van der Waals surface area contributed by atoms with Crippen molar-refractivity contribution in [3.63, 3.8) is 0 Å². The first-order valence-electron chi connectivity index (χ1n) is 5.15. The molecule has 0 fully saturated rings. The van der Waals surface area contributed by atoms with Gasteiger partial charge < -0.3 is 0 Å². The van der Waals surface area contributed by atoms with Crippen molar-refractivity contribution >= 4 is 15.9 Å². The molecule has 1 aromatic rings. The van der Waals surface area contributed by atoms with Crippen molar-refractivity contribution in [1.29, 1.82) is 5.26 Å². The van der Waals surface area contributed by atoms with E-state index in [0.29, 0.717) is 12.1 Å². The second kappa shape index (κ2) is 5.42. The van der Waals surface area contributed by atoms with Crippen molar-refractivity contribution in [2.75, 3.05) is 6.54 Å². The lowest BCUT2D eigenvalue weighted by molar-refractivity contribution is 0.441. The molecule has 0 radical (unpaired) electrons. The average Bonchev–Trinajstić information content (AvgIpc) is 2.29. The maximum absolute atomic E-state index is 13.7. The molecule has 0 saturated carbocycles. The first-order chi connectivity index (χ1) is 7.53. The van der Waals surface area contributed by atoms with Crippen LogP contribution in [0.4, 0.5) is 4.39 Å². The summed E-state index contributed by atoms with van der Waals surface area (Å²) < 4.78 is 14.4. The Morgan fingerprint density at radius 1 is 1.56 bits per heavy atom. The van der Waals surface area contributed by atoms with E-state index in [1.807, 2.05) is 6.92 Å². The SMILES string of the molecule is CCCNC(C)(C#N)c1cc(Br)ccc1F. The van der Waals surface area contributed by atoms with Crippen LogP contribution in [0.3, 0.4) is 0 Å². The fourth-order valence-electron chi connectivity index (χ4n) is 1.45. The molecule has 1 N–H and O–H groups in total. The van der Waals surface area contributed by atoms with Gasteiger partial charge in [0, 0.05) is 10.0 Å². The molecular weight excluding hydrogens is 271 g/mol. The van der Waals surface area contributed by atoms with E-state index in [2.05, 4.69) is 27.3 Å². The number of hydrogen-bond donors (Lipinski definition) is 1. The van der Waals surface area contributed by atoms with Gasteiger partial charge in [0.15, 0.2) is 0 Å². The van der Waals surface area contributed by atoms with Gasteiger partial charge in [0.05, 0.1) is 6.07 Å².